The Morgan fingerprint density at radius 3 is 2.12 bits per heavy atom. The van der Waals surface area contributed by atoms with Gasteiger partial charge in [-0.05, 0) is 34.2 Å². The van der Waals surface area contributed by atoms with Gasteiger partial charge in [-0.2, -0.15) is 0 Å². The predicted octanol–water partition coefficient (Wildman–Crippen LogP) is 6.70. The van der Waals surface area contributed by atoms with Gasteiger partial charge in [0.05, 0.1) is 0 Å². The van der Waals surface area contributed by atoms with Crippen molar-refractivity contribution < 1.29 is 4.79 Å². The minimum absolute atomic E-state index is 0.0284. The molecule has 0 spiro atoms. The number of hydrogen-bond acceptors (Lipinski definition) is 2. The highest BCUT2D eigenvalue weighted by Gasteiger charge is 2.22. The van der Waals surface area contributed by atoms with Crippen LogP contribution in [0.4, 0.5) is 0 Å². The van der Waals surface area contributed by atoms with Crippen LogP contribution in [-0.4, -0.2) is 17.4 Å². The molecule has 5 aromatic rings. The van der Waals surface area contributed by atoms with E-state index in [1.54, 1.807) is 11.3 Å². The molecule has 1 amide bonds. The lowest BCUT2D eigenvalue weighted by Crippen LogP contribution is -2.30. The van der Waals surface area contributed by atoms with Gasteiger partial charge < -0.3 is 10.3 Å². The van der Waals surface area contributed by atoms with Gasteiger partial charge in [-0.15, -0.1) is 11.3 Å². The van der Waals surface area contributed by atoms with Crippen LogP contribution in [0, 0.1) is 0 Å². The quantitative estimate of drug-likeness (QED) is 0.271. The lowest BCUT2D eigenvalue weighted by atomic mass is 9.88. The minimum Gasteiger partial charge on any atom is -0.361 e. The molecule has 2 heterocycles. The maximum absolute atomic E-state index is 13.2. The van der Waals surface area contributed by atoms with Gasteiger partial charge in [0.1, 0.15) is 0 Å². The smallest absolute Gasteiger partial charge is 0.220 e. The van der Waals surface area contributed by atoms with E-state index in [9.17, 15) is 4.79 Å². The van der Waals surface area contributed by atoms with E-state index in [4.69, 9.17) is 0 Å². The number of aromatic amines is 1. The molecule has 0 radical (unpaired) electrons. The maximum atomic E-state index is 13.2. The zero-order chi connectivity index (χ0) is 22.5. The Labute approximate surface area is 198 Å². The summed E-state index contributed by atoms with van der Waals surface area (Å²) in [6, 6.07) is 33.1. The first-order valence-corrected chi connectivity index (χ1v) is 12.1. The molecule has 0 saturated carbocycles. The third kappa shape index (κ3) is 4.76. The van der Waals surface area contributed by atoms with Gasteiger partial charge in [0.25, 0.3) is 0 Å². The molecule has 164 valence electrons. The van der Waals surface area contributed by atoms with E-state index >= 15 is 0 Å². The van der Waals surface area contributed by atoms with Crippen molar-refractivity contribution in [2.45, 2.75) is 18.3 Å². The van der Waals surface area contributed by atoms with E-state index in [1.807, 2.05) is 42.5 Å². The maximum Gasteiger partial charge on any atom is 0.220 e. The van der Waals surface area contributed by atoms with Gasteiger partial charge in [-0.3, -0.25) is 4.79 Å². The molecule has 0 aliphatic carbocycles. The van der Waals surface area contributed by atoms with Crippen LogP contribution in [0.1, 0.15) is 39.8 Å². The average Bonchev–Trinajstić information content (AvgIpc) is 3.55. The number of rotatable bonds is 8. The topological polar surface area (TPSA) is 44.9 Å². The number of fused-ring (bicyclic) bond motifs is 1. The second-order valence-corrected chi connectivity index (χ2v) is 9.22. The number of H-pyrrole nitrogens is 1. The average molecular weight is 451 g/mol. The number of carbonyl (C=O) groups excluding carboxylic acids is 1. The molecule has 0 saturated heterocycles. The molecule has 0 fully saturated rings. The molecular weight excluding hydrogens is 424 g/mol. The first kappa shape index (κ1) is 21.2. The lowest BCUT2D eigenvalue weighted by molar-refractivity contribution is -0.121. The standard InChI is InChI=1S/C29H26N2OS/c32-29(18-24(21-10-3-1-4-11-21)22-12-5-2-6-13-22)31-20-26(28-16-9-17-33-28)25-19-30-27-15-8-7-14-23(25)27/h1-17,19,24,26,30H,18,20H2,(H,31,32)/t26-/m0/s1. The number of nitrogens with one attached hydrogen (secondary N) is 2. The molecule has 5 rings (SSSR count). The summed E-state index contributed by atoms with van der Waals surface area (Å²) < 4.78 is 0. The van der Waals surface area contributed by atoms with Crippen LogP contribution in [0.2, 0.25) is 0 Å². The van der Waals surface area contributed by atoms with E-state index in [0.29, 0.717) is 13.0 Å². The van der Waals surface area contributed by atoms with Crippen molar-refractivity contribution in [3.63, 3.8) is 0 Å². The van der Waals surface area contributed by atoms with Crippen LogP contribution < -0.4 is 5.32 Å². The van der Waals surface area contributed by atoms with Crippen LogP contribution in [0.5, 0.6) is 0 Å². The molecule has 3 nitrogen and oxygen atoms in total. The number of amides is 1. The van der Waals surface area contributed by atoms with Crippen LogP contribution >= 0.6 is 11.3 Å². The zero-order valence-electron chi connectivity index (χ0n) is 18.3. The Morgan fingerprint density at radius 2 is 1.45 bits per heavy atom. The molecule has 0 aliphatic heterocycles. The zero-order valence-corrected chi connectivity index (χ0v) is 19.1. The summed E-state index contributed by atoms with van der Waals surface area (Å²) in [5.41, 5.74) is 4.65. The summed E-state index contributed by atoms with van der Waals surface area (Å²) in [6.07, 6.45) is 2.50. The Hall–Kier alpha value is -3.63. The largest absolute Gasteiger partial charge is 0.361 e. The number of thiophene rings is 1. The Kier molecular flexibility index (Phi) is 6.36. The van der Waals surface area contributed by atoms with E-state index in [1.165, 1.54) is 15.8 Å². The van der Waals surface area contributed by atoms with E-state index < -0.39 is 0 Å². The number of hydrogen-bond donors (Lipinski definition) is 2. The van der Waals surface area contributed by atoms with Crippen LogP contribution in [-0.2, 0) is 4.79 Å². The van der Waals surface area contributed by atoms with Crippen LogP contribution in [0.25, 0.3) is 10.9 Å². The van der Waals surface area contributed by atoms with Gasteiger partial charge in [-0.1, -0.05) is 84.9 Å². The van der Waals surface area contributed by atoms with Crippen molar-refractivity contribution in [2.75, 3.05) is 6.54 Å². The second kappa shape index (κ2) is 9.88. The van der Waals surface area contributed by atoms with E-state index in [0.717, 1.165) is 16.6 Å². The molecule has 4 heteroatoms. The molecular formula is C29H26N2OS. The normalized spacial score (nSPS) is 12.2. The van der Waals surface area contributed by atoms with Gasteiger partial charge >= 0.3 is 0 Å². The van der Waals surface area contributed by atoms with Gasteiger partial charge in [0.15, 0.2) is 0 Å². The molecule has 3 aromatic carbocycles. The molecule has 2 aromatic heterocycles. The van der Waals surface area contributed by atoms with Crippen LogP contribution in [0.3, 0.4) is 0 Å². The third-order valence-corrected chi connectivity index (χ3v) is 7.17. The van der Waals surface area contributed by atoms with Crippen LogP contribution in [0.15, 0.2) is 109 Å². The lowest BCUT2D eigenvalue weighted by Gasteiger charge is -2.20. The second-order valence-electron chi connectivity index (χ2n) is 8.24. The fourth-order valence-electron chi connectivity index (χ4n) is 4.51. The van der Waals surface area contributed by atoms with Gasteiger partial charge in [0, 0.05) is 46.8 Å². The van der Waals surface area contributed by atoms with Crippen molar-refractivity contribution >= 4 is 28.1 Å². The first-order chi connectivity index (χ1) is 16.3. The van der Waals surface area contributed by atoms with E-state index in [-0.39, 0.29) is 17.7 Å². The molecule has 2 N–H and O–H groups in total. The Morgan fingerprint density at radius 1 is 0.788 bits per heavy atom. The van der Waals surface area contributed by atoms with Crippen molar-refractivity contribution in [1.82, 2.24) is 10.3 Å². The first-order valence-electron chi connectivity index (χ1n) is 11.3. The molecule has 1 atom stereocenters. The number of aromatic nitrogens is 1. The highest BCUT2D eigenvalue weighted by molar-refractivity contribution is 7.10. The van der Waals surface area contributed by atoms with Gasteiger partial charge in [-0.25, -0.2) is 0 Å². The molecule has 0 unspecified atom stereocenters. The van der Waals surface area contributed by atoms with Gasteiger partial charge in [0.2, 0.25) is 5.91 Å². The van der Waals surface area contributed by atoms with E-state index in [2.05, 4.69) is 76.5 Å². The summed E-state index contributed by atoms with van der Waals surface area (Å²) in [7, 11) is 0. The van der Waals surface area contributed by atoms with Crippen molar-refractivity contribution in [2.24, 2.45) is 0 Å². The SMILES string of the molecule is O=C(CC(c1ccccc1)c1ccccc1)NC[C@H](c1cccs1)c1c[nH]c2ccccc12. The number of carbonyl (C=O) groups is 1. The third-order valence-electron chi connectivity index (χ3n) is 6.18. The Bertz CT molecular complexity index is 1270. The van der Waals surface area contributed by atoms with Crippen molar-refractivity contribution in [3.8, 4) is 0 Å². The molecule has 0 bridgehead atoms. The summed E-state index contributed by atoms with van der Waals surface area (Å²) in [5, 5.41) is 6.55. The predicted molar refractivity (Wildman–Crippen MR) is 137 cm³/mol. The monoisotopic (exact) mass is 450 g/mol. The highest BCUT2D eigenvalue weighted by atomic mass is 32.1. The fourth-order valence-corrected chi connectivity index (χ4v) is 5.35. The highest BCUT2D eigenvalue weighted by Crippen LogP contribution is 2.33. The number of benzene rings is 3. The molecule has 0 aliphatic rings. The number of para-hydroxylation sites is 1. The molecule has 33 heavy (non-hydrogen) atoms. The fraction of sp³-hybridized carbons (Fsp3) is 0.138. The summed E-state index contributed by atoms with van der Waals surface area (Å²) in [5.74, 6) is 0.201. The minimum atomic E-state index is 0.0284. The van der Waals surface area contributed by atoms with Crippen molar-refractivity contribution in [3.05, 3.63) is 130 Å². The van der Waals surface area contributed by atoms with Crippen molar-refractivity contribution in [1.29, 1.82) is 0 Å². The summed E-state index contributed by atoms with van der Waals surface area (Å²) in [4.78, 5) is 17.8. The summed E-state index contributed by atoms with van der Waals surface area (Å²) >= 11 is 1.73. The summed E-state index contributed by atoms with van der Waals surface area (Å²) in [6.45, 7) is 0.567. The Balaban J connectivity index is 1.36.